The lowest BCUT2D eigenvalue weighted by Crippen LogP contribution is -1.98. The van der Waals surface area contributed by atoms with E-state index in [-0.39, 0.29) is 0 Å². The first-order chi connectivity index (χ1) is 7.75. The molecule has 16 heavy (non-hydrogen) atoms. The molecule has 90 valence electrons. The van der Waals surface area contributed by atoms with Gasteiger partial charge in [-0.1, -0.05) is 42.1 Å². The van der Waals surface area contributed by atoms with E-state index >= 15 is 0 Å². The van der Waals surface area contributed by atoms with Crippen LogP contribution in [0.3, 0.4) is 0 Å². The third-order valence-corrected chi connectivity index (χ3v) is 3.27. The van der Waals surface area contributed by atoms with Gasteiger partial charge in [0.1, 0.15) is 10.8 Å². The highest BCUT2D eigenvalue weighted by atomic mass is 35.5. The first-order valence-corrected chi connectivity index (χ1v) is 6.67. The maximum Gasteiger partial charge on any atom is 0.139 e. The second kappa shape index (κ2) is 8.05. The Labute approximate surface area is 112 Å². The highest BCUT2D eigenvalue weighted by molar-refractivity contribution is 6.42. The lowest BCUT2D eigenvalue weighted by atomic mass is 10.2. The summed E-state index contributed by atoms with van der Waals surface area (Å²) in [5.74, 6) is 1.40. The summed E-state index contributed by atoms with van der Waals surface area (Å²) in [6.07, 6.45) is 4.36. The van der Waals surface area contributed by atoms with Gasteiger partial charge in [-0.25, -0.2) is 0 Å². The molecule has 0 unspecified atom stereocenters. The van der Waals surface area contributed by atoms with Gasteiger partial charge >= 0.3 is 0 Å². The Bertz CT molecular complexity index is 315. The number of hydrogen-bond acceptors (Lipinski definition) is 1. The van der Waals surface area contributed by atoms with Crippen LogP contribution in [-0.4, -0.2) is 12.5 Å². The highest BCUT2D eigenvalue weighted by Crippen LogP contribution is 2.31. The fourth-order valence-electron chi connectivity index (χ4n) is 1.33. The van der Waals surface area contributed by atoms with E-state index in [9.17, 15) is 0 Å². The summed E-state index contributed by atoms with van der Waals surface area (Å²) >= 11 is 17.4. The van der Waals surface area contributed by atoms with Gasteiger partial charge in [-0.2, -0.15) is 0 Å². The molecule has 0 amide bonds. The molecule has 4 heteroatoms. The third kappa shape index (κ3) is 4.82. The van der Waals surface area contributed by atoms with Gasteiger partial charge in [-0.05, 0) is 25.0 Å². The number of halogens is 3. The van der Waals surface area contributed by atoms with Crippen molar-refractivity contribution < 1.29 is 4.74 Å². The summed E-state index contributed by atoms with van der Waals surface area (Å²) in [6.45, 7) is 0.669. The molecule has 0 aliphatic heterocycles. The van der Waals surface area contributed by atoms with Crippen LogP contribution in [0.1, 0.15) is 25.7 Å². The predicted molar refractivity (Wildman–Crippen MR) is 71.1 cm³/mol. The van der Waals surface area contributed by atoms with Crippen LogP contribution >= 0.6 is 34.8 Å². The number of hydrogen-bond donors (Lipinski definition) is 0. The van der Waals surface area contributed by atoms with E-state index in [4.69, 9.17) is 39.5 Å². The normalized spacial score (nSPS) is 10.4. The summed E-state index contributed by atoms with van der Waals surface area (Å²) in [5, 5.41) is 1.02. The van der Waals surface area contributed by atoms with Crippen molar-refractivity contribution >= 4 is 34.8 Å². The Morgan fingerprint density at radius 2 is 1.75 bits per heavy atom. The molecule has 1 aromatic rings. The molecule has 1 aromatic carbocycles. The van der Waals surface area contributed by atoms with Crippen LogP contribution in [0.15, 0.2) is 18.2 Å². The van der Waals surface area contributed by atoms with Gasteiger partial charge in [-0.3, -0.25) is 0 Å². The molecule has 0 aliphatic rings. The number of benzene rings is 1. The molecule has 0 radical (unpaired) electrons. The van der Waals surface area contributed by atoms with Crippen LogP contribution in [0.4, 0.5) is 0 Å². The molecule has 0 saturated carbocycles. The van der Waals surface area contributed by atoms with Gasteiger partial charge < -0.3 is 4.74 Å². The maximum atomic E-state index is 5.98. The number of alkyl halides is 1. The summed E-state index contributed by atoms with van der Waals surface area (Å²) in [7, 11) is 0. The first kappa shape index (κ1) is 14.0. The van der Waals surface area contributed by atoms with Gasteiger partial charge in [-0.15, -0.1) is 11.6 Å². The molecule has 0 spiro atoms. The highest BCUT2D eigenvalue weighted by Gasteiger charge is 2.04. The van der Waals surface area contributed by atoms with Gasteiger partial charge in [0, 0.05) is 5.88 Å². The zero-order chi connectivity index (χ0) is 11.8. The Morgan fingerprint density at radius 1 is 1.00 bits per heavy atom. The summed E-state index contributed by atoms with van der Waals surface area (Å²) in [5.41, 5.74) is 0. The third-order valence-electron chi connectivity index (χ3n) is 2.20. The summed E-state index contributed by atoms with van der Waals surface area (Å²) in [4.78, 5) is 0. The van der Waals surface area contributed by atoms with Gasteiger partial charge in [0.15, 0.2) is 0 Å². The van der Waals surface area contributed by atoms with Crippen LogP contribution in [-0.2, 0) is 0 Å². The second-order valence-electron chi connectivity index (χ2n) is 3.50. The predicted octanol–water partition coefficient (Wildman–Crippen LogP) is 5.17. The van der Waals surface area contributed by atoms with Crippen molar-refractivity contribution in [3.63, 3.8) is 0 Å². The molecule has 0 bridgehead atoms. The monoisotopic (exact) mass is 280 g/mol. The fraction of sp³-hybridized carbons (Fsp3) is 0.500. The molecule has 0 atom stereocenters. The molecule has 0 aromatic heterocycles. The Morgan fingerprint density at radius 3 is 2.50 bits per heavy atom. The smallest absolute Gasteiger partial charge is 0.139 e. The lowest BCUT2D eigenvalue weighted by Gasteiger charge is -2.08. The second-order valence-corrected chi connectivity index (χ2v) is 4.67. The summed E-state index contributed by atoms with van der Waals surface area (Å²) < 4.78 is 5.55. The molecule has 0 saturated heterocycles. The SMILES string of the molecule is ClCCCCCCOc1cccc(Cl)c1Cl. The van der Waals surface area contributed by atoms with Crippen molar-refractivity contribution in [3.8, 4) is 5.75 Å². The van der Waals surface area contributed by atoms with Crippen molar-refractivity contribution in [2.75, 3.05) is 12.5 Å². The van der Waals surface area contributed by atoms with Crippen LogP contribution in [0.5, 0.6) is 5.75 Å². The molecule has 1 rings (SSSR count). The fourth-order valence-corrected chi connectivity index (χ4v) is 1.86. The van der Waals surface area contributed by atoms with E-state index in [1.54, 1.807) is 6.07 Å². The van der Waals surface area contributed by atoms with E-state index in [2.05, 4.69) is 0 Å². The summed E-state index contributed by atoms with van der Waals surface area (Å²) in [6, 6.07) is 5.40. The van der Waals surface area contributed by atoms with Crippen molar-refractivity contribution in [1.29, 1.82) is 0 Å². The Kier molecular flexibility index (Phi) is 7.02. The van der Waals surface area contributed by atoms with Gasteiger partial charge in [0.2, 0.25) is 0 Å². The van der Waals surface area contributed by atoms with Crippen LogP contribution < -0.4 is 4.74 Å². The topological polar surface area (TPSA) is 9.23 Å². The average Bonchev–Trinajstić information content (AvgIpc) is 2.29. The van der Waals surface area contributed by atoms with Crippen molar-refractivity contribution in [3.05, 3.63) is 28.2 Å². The van der Waals surface area contributed by atoms with E-state index in [1.807, 2.05) is 12.1 Å². The van der Waals surface area contributed by atoms with Crippen molar-refractivity contribution in [1.82, 2.24) is 0 Å². The van der Waals surface area contributed by atoms with E-state index in [0.29, 0.717) is 22.4 Å². The minimum Gasteiger partial charge on any atom is -0.492 e. The van der Waals surface area contributed by atoms with Gasteiger partial charge in [0.25, 0.3) is 0 Å². The standard InChI is InChI=1S/C12H15Cl3O/c13-8-3-1-2-4-9-16-11-7-5-6-10(14)12(11)15/h5-7H,1-4,8-9H2. The quantitative estimate of drug-likeness (QED) is 0.495. The lowest BCUT2D eigenvalue weighted by molar-refractivity contribution is 0.305. The molecule has 0 aliphatic carbocycles. The van der Waals surface area contributed by atoms with Crippen LogP contribution in [0.25, 0.3) is 0 Å². The maximum absolute atomic E-state index is 5.98. The molecular weight excluding hydrogens is 266 g/mol. The number of unbranched alkanes of at least 4 members (excludes halogenated alkanes) is 3. The van der Waals surface area contributed by atoms with E-state index in [0.717, 1.165) is 31.6 Å². The minimum absolute atomic E-state index is 0.491. The minimum atomic E-state index is 0.491. The van der Waals surface area contributed by atoms with Crippen LogP contribution in [0, 0.1) is 0 Å². The van der Waals surface area contributed by atoms with Crippen molar-refractivity contribution in [2.24, 2.45) is 0 Å². The Hall–Kier alpha value is -0.110. The molecule has 0 N–H and O–H groups in total. The zero-order valence-corrected chi connectivity index (χ0v) is 11.3. The van der Waals surface area contributed by atoms with Crippen LogP contribution in [0.2, 0.25) is 10.0 Å². The number of ether oxygens (including phenoxy) is 1. The molecule has 0 fully saturated rings. The average molecular weight is 282 g/mol. The zero-order valence-electron chi connectivity index (χ0n) is 9.02. The largest absolute Gasteiger partial charge is 0.492 e. The van der Waals surface area contributed by atoms with E-state index < -0.39 is 0 Å². The molecule has 1 nitrogen and oxygen atoms in total. The molecule has 0 heterocycles. The van der Waals surface area contributed by atoms with Crippen molar-refractivity contribution in [2.45, 2.75) is 25.7 Å². The first-order valence-electron chi connectivity index (χ1n) is 5.38. The van der Waals surface area contributed by atoms with Gasteiger partial charge in [0.05, 0.1) is 11.6 Å². The van der Waals surface area contributed by atoms with E-state index in [1.165, 1.54) is 0 Å². The Balaban J connectivity index is 2.24. The molecular formula is C12H15Cl3O. The number of rotatable bonds is 7.